The van der Waals surface area contributed by atoms with E-state index < -0.39 is 0 Å². The zero-order valence-corrected chi connectivity index (χ0v) is 14.0. The van der Waals surface area contributed by atoms with Crippen LogP contribution in [0.3, 0.4) is 0 Å². The molecule has 7 heteroatoms. The third-order valence-electron chi connectivity index (χ3n) is 3.96. The van der Waals surface area contributed by atoms with Crippen LogP contribution in [0.5, 0.6) is 0 Å². The van der Waals surface area contributed by atoms with E-state index in [1.54, 1.807) is 12.4 Å². The SMILES string of the molecule is Cc1cccc(NC(=O)Nc2cnc(N3CCN(C)CC3)nc2)c1. The van der Waals surface area contributed by atoms with Gasteiger partial charge in [-0.15, -0.1) is 0 Å². The topological polar surface area (TPSA) is 73.4 Å². The minimum Gasteiger partial charge on any atom is -0.338 e. The quantitative estimate of drug-likeness (QED) is 0.904. The summed E-state index contributed by atoms with van der Waals surface area (Å²) in [5.41, 5.74) is 2.41. The molecule has 1 aliphatic rings. The van der Waals surface area contributed by atoms with Gasteiger partial charge in [0.25, 0.3) is 0 Å². The fraction of sp³-hybridized carbons (Fsp3) is 0.353. The van der Waals surface area contributed by atoms with Gasteiger partial charge in [-0.1, -0.05) is 12.1 Å². The standard InChI is InChI=1S/C17H22N6O/c1-13-4-3-5-14(10-13)20-17(24)21-15-11-18-16(19-12-15)23-8-6-22(2)7-9-23/h3-5,10-12H,6-9H2,1-2H3,(H2,20,21,24). The molecule has 0 spiro atoms. The first kappa shape index (κ1) is 16.2. The minimum absolute atomic E-state index is 0.309. The van der Waals surface area contributed by atoms with E-state index in [1.807, 2.05) is 31.2 Å². The number of anilines is 3. The van der Waals surface area contributed by atoms with Gasteiger partial charge in [0.1, 0.15) is 0 Å². The first-order valence-corrected chi connectivity index (χ1v) is 8.00. The molecule has 126 valence electrons. The molecule has 2 N–H and O–H groups in total. The molecular formula is C17H22N6O. The number of carbonyl (C=O) groups is 1. The molecule has 1 saturated heterocycles. The smallest absolute Gasteiger partial charge is 0.323 e. The van der Waals surface area contributed by atoms with Crippen molar-refractivity contribution >= 4 is 23.4 Å². The highest BCUT2D eigenvalue weighted by Gasteiger charge is 2.16. The number of amides is 2. The van der Waals surface area contributed by atoms with Crippen molar-refractivity contribution in [3.63, 3.8) is 0 Å². The summed E-state index contributed by atoms with van der Waals surface area (Å²) in [6, 6.07) is 7.33. The monoisotopic (exact) mass is 326 g/mol. The molecule has 0 unspecified atom stereocenters. The Balaban J connectivity index is 1.56. The Morgan fingerprint density at radius 1 is 1.04 bits per heavy atom. The van der Waals surface area contributed by atoms with Gasteiger partial charge in [-0.05, 0) is 31.7 Å². The van der Waals surface area contributed by atoms with Crippen LogP contribution < -0.4 is 15.5 Å². The second-order valence-corrected chi connectivity index (χ2v) is 6.01. The van der Waals surface area contributed by atoms with Crippen LogP contribution in [0.2, 0.25) is 0 Å². The molecule has 1 fully saturated rings. The van der Waals surface area contributed by atoms with Crippen LogP contribution in [0.1, 0.15) is 5.56 Å². The number of aromatic nitrogens is 2. The summed E-state index contributed by atoms with van der Waals surface area (Å²) in [7, 11) is 2.11. The van der Waals surface area contributed by atoms with Crippen LogP contribution in [0.15, 0.2) is 36.7 Å². The van der Waals surface area contributed by atoms with E-state index in [0.717, 1.165) is 37.4 Å². The molecule has 0 aliphatic carbocycles. The largest absolute Gasteiger partial charge is 0.338 e. The van der Waals surface area contributed by atoms with E-state index in [2.05, 4.69) is 37.4 Å². The zero-order valence-electron chi connectivity index (χ0n) is 14.0. The van der Waals surface area contributed by atoms with Gasteiger partial charge >= 0.3 is 6.03 Å². The Kier molecular flexibility index (Phi) is 4.90. The van der Waals surface area contributed by atoms with E-state index in [-0.39, 0.29) is 6.03 Å². The van der Waals surface area contributed by atoms with Crippen molar-refractivity contribution in [1.82, 2.24) is 14.9 Å². The lowest BCUT2D eigenvalue weighted by atomic mass is 10.2. The Labute approximate surface area is 141 Å². The van der Waals surface area contributed by atoms with Crippen LogP contribution in [0, 0.1) is 6.92 Å². The number of benzene rings is 1. The average molecular weight is 326 g/mol. The number of rotatable bonds is 3. The first-order chi connectivity index (χ1) is 11.6. The Morgan fingerprint density at radius 2 is 1.71 bits per heavy atom. The van der Waals surface area contributed by atoms with Gasteiger partial charge in [0.05, 0.1) is 18.1 Å². The maximum absolute atomic E-state index is 12.0. The van der Waals surface area contributed by atoms with E-state index in [9.17, 15) is 4.79 Å². The van der Waals surface area contributed by atoms with Crippen LogP contribution >= 0.6 is 0 Å². The van der Waals surface area contributed by atoms with E-state index in [0.29, 0.717) is 11.6 Å². The molecule has 1 aromatic heterocycles. The molecule has 24 heavy (non-hydrogen) atoms. The molecule has 1 aliphatic heterocycles. The van der Waals surface area contributed by atoms with Gasteiger partial charge in [-0.2, -0.15) is 0 Å². The predicted molar refractivity (Wildman–Crippen MR) is 95.6 cm³/mol. The summed E-state index contributed by atoms with van der Waals surface area (Å²) in [5, 5.41) is 5.54. The highest BCUT2D eigenvalue weighted by molar-refractivity contribution is 5.99. The van der Waals surface area contributed by atoms with Gasteiger partial charge in [-0.3, -0.25) is 0 Å². The number of carbonyl (C=O) groups excluding carboxylic acids is 1. The molecule has 0 bridgehead atoms. The van der Waals surface area contributed by atoms with Crippen molar-refractivity contribution in [3.05, 3.63) is 42.2 Å². The second kappa shape index (κ2) is 7.27. The van der Waals surface area contributed by atoms with E-state index in [1.165, 1.54) is 0 Å². The molecular weight excluding hydrogens is 304 g/mol. The minimum atomic E-state index is -0.309. The van der Waals surface area contributed by atoms with Crippen LogP contribution in [0.4, 0.5) is 22.1 Å². The maximum atomic E-state index is 12.0. The van der Waals surface area contributed by atoms with Crippen molar-refractivity contribution in [2.75, 3.05) is 48.8 Å². The van der Waals surface area contributed by atoms with Crippen molar-refractivity contribution < 1.29 is 4.79 Å². The summed E-state index contributed by atoms with van der Waals surface area (Å²) in [6.45, 7) is 5.81. The lowest BCUT2D eigenvalue weighted by Gasteiger charge is -2.32. The van der Waals surface area contributed by atoms with Crippen LogP contribution in [0.25, 0.3) is 0 Å². The van der Waals surface area contributed by atoms with Crippen molar-refractivity contribution in [2.45, 2.75) is 6.92 Å². The number of hydrogen-bond donors (Lipinski definition) is 2. The summed E-state index contributed by atoms with van der Waals surface area (Å²) in [6.07, 6.45) is 3.27. The number of hydrogen-bond acceptors (Lipinski definition) is 5. The number of nitrogens with zero attached hydrogens (tertiary/aromatic N) is 4. The van der Waals surface area contributed by atoms with Crippen LogP contribution in [-0.4, -0.2) is 54.1 Å². The maximum Gasteiger partial charge on any atom is 0.323 e. The number of nitrogens with one attached hydrogen (secondary N) is 2. The van der Waals surface area contributed by atoms with Crippen molar-refractivity contribution in [1.29, 1.82) is 0 Å². The van der Waals surface area contributed by atoms with Gasteiger partial charge in [-0.25, -0.2) is 14.8 Å². The van der Waals surface area contributed by atoms with Gasteiger partial charge in [0, 0.05) is 31.9 Å². The molecule has 2 amide bonds. The number of aryl methyl sites for hydroxylation is 1. The van der Waals surface area contributed by atoms with E-state index in [4.69, 9.17) is 0 Å². The van der Waals surface area contributed by atoms with Gasteiger partial charge in [0.15, 0.2) is 0 Å². The highest BCUT2D eigenvalue weighted by Crippen LogP contribution is 2.13. The fourth-order valence-corrected chi connectivity index (χ4v) is 2.57. The van der Waals surface area contributed by atoms with E-state index >= 15 is 0 Å². The lowest BCUT2D eigenvalue weighted by molar-refractivity contribution is 0.262. The van der Waals surface area contributed by atoms with Crippen molar-refractivity contribution in [3.8, 4) is 0 Å². The molecule has 0 atom stereocenters. The molecule has 7 nitrogen and oxygen atoms in total. The Hall–Kier alpha value is -2.67. The summed E-state index contributed by atoms with van der Waals surface area (Å²) in [4.78, 5) is 25.2. The molecule has 3 rings (SSSR count). The summed E-state index contributed by atoms with van der Waals surface area (Å²) < 4.78 is 0. The summed E-state index contributed by atoms with van der Waals surface area (Å²) in [5.74, 6) is 0.702. The zero-order chi connectivity index (χ0) is 16.9. The fourth-order valence-electron chi connectivity index (χ4n) is 2.57. The normalized spacial score (nSPS) is 15.2. The number of piperazine rings is 1. The molecule has 0 radical (unpaired) electrons. The van der Waals surface area contributed by atoms with Crippen LogP contribution in [-0.2, 0) is 0 Å². The summed E-state index contributed by atoms with van der Waals surface area (Å²) >= 11 is 0. The average Bonchev–Trinajstić information content (AvgIpc) is 2.56. The third-order valence-corrected chi connectivity index (χ3v) is 3.96. The highest BCUT2D eigenvalue weighted by atomic mass is 16.2. The third kappa shape index (κ3) is 4.20. The first-order valence-electron chi connectivity index (χ1n) is 8.00. The van der Waals surface area contributed by atoms with Gasteiger partial charge < -0.3 is 20.4 Å². The molecule has 2 aromatic rings. The Morgan fingerprint density at radius 3 is 2.38 bits per heavy atom. The molecule has 0 saturated carbocycles. The lowest BCUT2D eigenvalue weighted by Crippen LogP contribution is -2.45. The van der Waals surface area contributed by atoms with Crippen molar-refractivity contribution in [2.24, 2.45) is 0 Å². The molecule has 1 aromatic carbocycles. The predicted octanol–water partition coefficient (Wildman–Crippen LogP) is 2.18. The number of likely N-dealkylation sites (N-methyl/N-ethyl adjacent to an activating group) is 1. The number of urea groups is 1. The Bertz CT molecular complexity index is 694. The van der Waals surface area contributed by atoms with Gasteiger partial charge in [0.2, 0.25) is 5.95 Å². The molecule has 2 heterocycles. The second-order valence-electron chi connectivity index (χ2n) is 6.01.